The van der Waals surface area contributed by atoms with E-state index in [1.807, 2.05) is 9.80 Å². The van der Waals surface area contributed by atoms with Crippen LogP contribution in [0, 0.1) is 5.92 Å². The van der Waals surface area contributed by atoms with E-state index in [2.05, 4.69) is 10.2 Å². The predicted octanol–water partition coefficient (Wildman–Crippen LogP) is 3.07. The molecule has 2 atom stereocenters. The molecule has 3 fully saturated rings. The Hall–Kier alpha value is -2.23. The summed E-state index contributed by atoms with van der Waals surface area (Å²) in [6.45, 7) is 6.12. The molecule has 200 valence electrons. The number of hydrogen-bond acceptors (Lipinski definition) is 6. The number of rotatable bonds is 6. The number of nitrogens with two attached hydrogens (primary N) is 1. The summed E-state index contributed by atoms with van der Waals surface area (Å²) >= 11 is 6.15. The second-order valence-corrected chi connectivity index (χ2v) is 10.6. The molecule has 3 saturated heterocycles. The lowest BCUT2D eigenvalue weighted by molar-refractivity contribution is -0.000924. The molecular formula is C26H40ClN5O4. The van der Waals surface area contributed by atoms with Crippen LogP contribution in [0.25, 0.3) is 0 Å². The van der Waals surface area contributed by atoms with E-state index < -0.39 is 0 Å². The molecule has 3 heterocycles. The Morgan fingerprint density at radius 1 is 1.03 bits per heavy atom. The monoisotopic (exact) mass is 521 g/mol. The number of benzene rings is 1. The van der Waals surface area contributed by atoms with Crippen LogP contribution in [0.1, 0.15) is 48.9 Å². The van der Waals surface area contributed by atoms with Gasteiger partial charge in [0, 0.05) is 59.0 Å². The SMILES string of the molecule is COc1cc(N)c(Cl)cc1C(=O)N[C@H]1CCN(CC2CCN(C(=O)N3CCCCC3)CC2)C[C@H]1OC. The molecule has 0 spiro atoms. The Balaban J connectivity index is 1.26. The zero-order chi connectivity index (χ0) is 25.7. The second kappa shape index (κ2) is 12.3. The van der Waals surface area contributed by atoms with Crippen molar-refractivity contribution in [3.05, 3.63) is 22.7 Å². The highest BCUT2D eigenvalue weighted by Gasteiger charge is 2.33. The van der Waals surface area contributed by atoms with Gasteiger partial charge in [0.1, 0.15) is 5.75 Å². The average Bonchev–Trinajstić information content (AvgIpc) is 2.91. The minimum Gasteiger partial charge on any atom is -0.496 e. The summed E-state index contributed by atoms with van der Waals surface area (Å²) in [7, 11) is 3.20. The van der Waals surface area contributed by atoms with Crippen molar-refractivity contribution in [1.29, 1.82) is 0 Å². The predicted molar refractivity (Wildman–Crippen MR) is 141 cm³/mol. The third-order valence-electron chi connectivity index (χ3n) is 7.85. The topological polar surface area (TPSA) is 100 Å². The van der Waals surface area contributed by atoms with Gasteiger partial charge in [-0.25, -0.2) is 4.79 Å². The van der Waals surface area contributed by atoms with Crippen LogP contribution < -0.4 is 15.8 Å². The van der Waals surface area contributed by atoms with Crippen LogP contribution in [0.5, 0.6) is 5.75 Å². The normalized spacial score (nSPS) is 24.0. The first-order valence-corrected chi connectivity index (χ1v) is 13.5. The number of piperidine rings is 3. The van der Waals surface area contributed by atoms with Crippen molar-refractivity contribution in [2.24, 2.45) is 5.92 Å². The lowest BCUT2D eigenvalue weighted by atomic mass is 9.94. The maximum atomic E-state index is 13.0. The van der Waals surface area contributed by atoms with E-state index in [4.69, 9.17) is 26.8 Å². The molecule has 0 unspecified atom stereocenters. The summed E-state index contributed by atoms with van der Waals surface area (Å²) in [5.74, 6) is 0.714. The van der Waals surface area contributed by atoms with Crippen molar-refractivity contribution in [3.8, 4) is 5.75 Å². The van der Waals surface area contributed by atoms with Crippen LogP contribution in [-0.4, -0.2) is 98.8 Å². The average molecular weight is 522 g/mol. The summed E-state index contributed by atoms with van der Waals surface area (Å²) in [6, 6.07) is 3.23. The number of ether oxygens (including phenoxy) is 2. The highest BCUT2D eigenvalue weighted by Crippen LogP contribution is 2.29. The van der Waals surface area contributed by atoms with Crippen LogP contribution in [0.2, 0.25) is 5.02 Å². The molecule has 0 aliphatic carbocycles. The van der Waals surface area contributed by atoms with Gasteiger partial charge < -0.3 is 35.2 Å². The number of nitrogen functional groups attached to an aromatic ring is 1. The molecule has 3 N–H and O–H groups in total. The quantitative estimate of drug-likeness (QED) is 0.558. The number of carbonyl (C=O) groups excluding carboxylic acids is 2. The van der Waals surface area contributed by atoms with Crippen LogP contribution in [0.3, 0.4) is 0 Å². The van der Waals surface area contributed by atoms with E-state index >= 15 is 0 Å². The minimum absolute atomic E-state index is 0.108. The minimum atomic E-state index is -0.250. The van der Waals surface area contributed by atoms with Gasteiger partial charge in [-0.3, -0.25) is 4.79 Å². The van der Waals surface area contributed by atoms with Gasteiger partial charge in [-0.2, -0.15) is 0 Å². The van der Waals surface area contributed by atoms with Gasteiger partial charge in [-0.05, 0) is 50.5 Å². The summed E-state index contributed by atoms with van der Waals surface area (Å²) in [6.07, 6.45) is 6.23. The fraction of sp³-hybridized carbons (Fsp3) is 0.692. The molecule has 0 aromatic heterocycles. The van der Waals surface area contributed by atoms with Gasteiger partial charge in [0.2, 0.25) is 0 Å². The molecule has 0 bridgehead atoms. The van der Waals surface area contributed by atoms with Gasteiger partial charge in [-0.1, -0.05) is 11.6 Å². The number of urea groups is 1. The van der Waals surface area contributed by atoms with E-state index in [-0.39, 0.29) is 24.1 Å². The van der Waals surface area contributed by atoms with Crippen LogP contribution in [0.4, 0.5) is 10.5 Å². The third-order valence-corrected chi connectivity index (χ3v) is 8.18. The Morgan fingerprint density at radius 3 is 2.39 bits per heavy atom. The maximum Gasteiger partial charge on any atom is 0.319 e. The molecule has 0 saturated carbocycles. The molecule has 0 radical (unpaired) electrons. The summed E-state index contributed by atoms with van der Waals surface area (Å²) in [5.41, 5.74) is 6.58. The molecule has 10 heteroatoms. The number of likely N-dealkylation sites (tertiary alicyclic amines) is 3. The summed E-state index contributed by atoms with van der Waals surface area (Å²) < 4.78 is 11.1. The number of anilines is 1. The molecule has 3 aliphatic heterocycles. The van der Waals surface area contributed by atoms with E-state index in [1.54, 1.807) is 19.2 Å². The molecule has 3 aliphatic rings. The zero-order valence-electron chi connectivity index (χ0n) is 21.5. The smallest absolute Gasteiger partial charge is 0.319 e. The Bertz CT molecular complexity index is 918. The van der Waals surface area contributed by atoms with Gasteiger partial charge in [0.25, 0.3) is 5.91 Å². The lowest BCUT2D eigenvalue weighted by Gasteiger charge is -2.41. The number of carbonyl (C=O) groups is 2. The van der Waals surface area contributed by atoms with Crippen molar-refractivity contribution >= 4 is 29.2 Å². The van der Waals surface area contributed by atoms with E-state index in [1.165, 1.54) is 13.5 Å². The van der Waals surface area contributed by atoms with Gasteiger partial charge in [-0.15, -0.1) is 0 Å². The van der Waals surface area contributed by atoms with Gasteiger partial charge in [0.05, 0.1) is 35.5 Å². The van der Waals surface area contributed by atoms with Crippen LogP contribution in [-0.2, 0) is 4.74 Å². The van der Waals surface area contributed by atoms with Crippen LogP contribution >= 0.6 is 11.6 Å². The highest BCUT2D eigenvalue weighted by molar-refractivity contribution is 6.33. The third kappa shape index (κ3) is 6.36. The number of methoxy groups -OCH3 is 2. The lowest BCUT2D eigenvalue weighted by Crippen LogP contribution is -2.56. The number of nitrogens with one attached hydrogen (secondary N) is 1. The van der Waals surface area contributed by atoms with E-state index in [0.29, 0.717) is 27.9 Å². The molecule has 1 aromatic carbocycles. The van der Waals surface area contributed by atoms with Crippen molar-refractivity contribution in [3.63, 3.8) is 0 Å². The van der Waals surface area contributed by atoms with Gasteiger partial charge in [0.15, 0.2) is 0 Å². The molecule has 4 rings (SSSR count). The largest absolute Gasteiger partial charge is 0.496 e. The standard InChI is InChI=1S/C26H40ClN5O4/c1-35-23-15-21(28)20(27)14-19(23)25(33)29-22-8-11-30(17-24(22)36-2)16-18-6-12-32(13-7-18)26(34)31-9-4-3-5-10-31/h14-15,18,22,24H,3-13,16-17,28H2,1-2H3,(H,29,33)/t22-,24+/m0/s1. The first-order chi connectivity index (χ1) is 17.4. The Kier molecular flexibility index (Phi) is 9.19. The first kappa shape index (κ1) is 26.8. The van der Waals surface area contributed by atoms with Crippen molar-refractivity contribution < 1.29 is 19.1 Å². The fourth-order valence-electron chi connectivity index (χ4n) is 5.67. The summed E-state index contributed by atoms with van der Waals surface area (Å²) in [4.78, 5) is 32.3. The van der Waals surface area contributed by atoms with Gasteiger partial charge >= 0.3 is 6.03 Å². The molecular weight excluding hydrogens is 482 g/mol. The number of halogens is 1. The van der Waals surface area contributed by atoms with Crippen LogP contribution in [0.15, 0.2) is 12.1 Å². The number of hydrogen-bond donors (Lipinski definition) is 2. The highest BCUT2D eigenvalue weighted by atomic mass is 35.5. The van der Waals surface area contributed by atoms with E-state index in [0.717, 1.165) is 77.9 Å². The molecule has 36 heavy (non-hydrogen) atoms. The van der Waals surface area contributed by atoms with E-state index in [9.17, 15) is 9.59 Å². The Labute approximate surface area is 219 Å². The second-order valence-electron chi connectivity index (χ2n) is 10.2. The fourth-order valence-corrected chi connectivity index (χ4v) is 5.83. The first-order valence-electron chi connectivity index (χ1n) is 13.1. The summed E-state index contributed by atoms with van der Waals surface area (Å²) in [5, 5.41) is 3.43. The number of amides is 3. The maximum absolute atomic E-state index is 13.0. The molecule has 9 nitrogen and oxygen atoms in total. The molecule has 3 amide bonds. The molecule has 1 aromatic rings. The Morgan fingerprint density at radius 2 is 1.72 bits per heavy atom. The van der Waals surface area contributed by atoms with Crippen molar-refractivity contribution in [1.82, 2.24) is 20.0 Å². The zero-order valence-corrected chi connectivity index (χ0v) is 22.3. The van der Waals surface area contributed by atoms with Crippen molar-refractivity contribution in [2.45, 2.75) is 50.7 Å². The number of nitrogens with zero attached hydrogens (tertiary/aromatic N) is 3. The van der Waals surface area contributed by atoms with Crippen molar-refractivity contribution in [2.75, 3.05) is 65.8 Å².